The van der Waals surface area contributed by atoms with E-state index in [1.165, 1.54) is 34.1 Å². The average molecular weight is 530 g/mol. The molecule has 3 amide bonds. The lowest BCUT2D eigenvalue weighted by atomic mass is 9.89. The number of ether oxygens (including phenoxy) is 1. The first-order valence-corrected chi connectivity index (χ1v) is 11.9. The zero-order valence-corrected chi connectivity index (χ0v) is 20.0. The van der Waals surface area contributed by atoms with E-state index in [1.807, 2.05) is 6.07 Å². The molecule has 198 valence electrons. The van der Waals surface area contributed by atoms with Gasteiger partial charge in [-0.15, -0.1) is 0 Å². The fourth-order valence-corrected chi connectivity index (χ4v) is 5.12. The number of piperazine rings is 1. The number of likely N-dealkylation sites (tertiary alicyclic amines) is 1. The number of carbonyl (C=O) groups excluding carboxylic acids is 3. The second-order valence-electron chi connectivity index (χ2n) is 9.62. The predicted octanol–water partition coefficient (Wildman–Crippen LogP) is 2.71. The van der Waals surface area contributed by atoms with Crippen LogP contribution in [-0.2, 0) is 31.8 Å². The van der Waals surface area contributed by atoms with Crippen molar-refractivity contribution in [3.63, 3.8) is 0 Å². The third-order valence-electron chi connectivity index (χ3n) is 7.29. The molecule has 0 unspecified atom stereocenters. The van der Waals surface area contributed by atoms with E-state index in [1.54, 1.807) is 0 Å². The molecule has 1 atom stereocenters. The first-order valence-electron chi connectivity index (χ1n) is 11.9. The van der Waals surface area contributed by atoms with Gasteiger partial charge >= 0.3 is 6.18 Å². The number of nitrogens with zero attached hydrogens (tertiary/aromatic N) is 4. The lowest BCUT2D eigenvalue weighted by Crippen LogP contribution is -2.69. The van der Waals surface area contributed by atoms with Gasteiger partial charge in [0, 0.05) is 13.1 Å². The summed E-state index contributed by atoms with van der Waals surface area (Å²) < 4.78 is 59.1. The molecule has 5 rings (SSSR count). The van der Waals surface area contributed by atoms with E-state index < -0.39 is 41.5 Å². The molecule has 3 heterocycles. The molecule has 3 saturated heterocycles. The number of hydrogen-bond acceptors (Lipinski definition) is 5. The molecule has 0 bridgehead atoms. The Balaban J connectivity index is 1.49. The van der Waals surface area contributed by atoms with Crippen LogP contribution in [0, 0.1) is 23.1 Å². The Labute approximate surface area is 215 Å². The Kier molecular flexibility index (Phi) is 6.35. The fraction of sp³-hybridized carbons (Fsp3) is 0.385. The molecule has 3 aliphatic rings. The SMILES string of the molecule is N#Cc1ccc(N2CC(=O)N(Cc3ccc(C(F)(F)F)cc3)[C@@]3(CCN(C(=O)C4COC4)C3)C2=O)c(F)c1. The number of hydrogen-bond donors (Lipinski definition) is 0. The van der Waals surface area contributed by atoms with E-state index in [-0.39, 0.29) is 62.3 Å². The Morgan fingerprint density at radius 1 is 1.13 bits per heavy atom. The maximum absolute atomic E-state index is 14.9. The topological polar surface area (TPSA) is 94.0 Å². The van der Waals surface area contributed by atoms with Crippen molar-refractivity contribution in [3.05, 3.63) is 65.0 Å². The maximum Gasteiger partial charge on any atom is 0.416 e. The Morgan fingerprint density at radius 2 is 1.84 bits per heavy atom. The zero-order chi connectivity index (χ0) is 27.2. The van der Waals surface area contributed by atoms with Crippen LogP contribution < -0.4 is 4.90 Å². The van der Waals surface area contributed by atoms with Gasteiger partial charge in [0.05, 0.1) is 48.6 Å². The van der Waals surface area contributed by atoms with E-state index in [2.05, 4.69) is 0 Å². The summed E-state index contributed by atoms with van der Waals surface area (Å²) in [5.74, 6) is -2.57. The summed E-state index contributed by atoms with van der Waals surface area (Å²) in [5.41, 5.74) is -2.15. The van der Waals surface area contributed by atoms with Gasteiger partial charge in [0.1, 0.15) is 17.9 Å². The fourth-order valence-electron chi connectivity index (χ4n) is 5.12. The highest BCUT2D eigenvalue weighted by Gasteiger charge is 2.57. The van der Waals surface area contributed by atoms with Gasteiger partial charge in [-0.25, -0.2) is 4.39 Å². The van der Waals surface area contributed by atoms with Gasteiger partial charge < -0.3 is 14.5 Å². The third-order valence-corrected chi connectivity index (χ3v) is 7.29. The lowest BCUT2D eigenvalue weighted by Gasteiger charge is -2.47. The Morgan fingerprint density at radius 3 is 2.42 bits per heavy atom. The van der Waals surface area contributed by atoms with Crippen molar-refractivity contribution < 1.29 is 36.7 Å². The van der Waals surface area contributed by atoms with Gasteiger partial charge in [0.2, 0.25) is 11.8 Å². The van der Waals surface area contributed by atoms with E-state index in [0.717, 1.165) is 23.1 Å². The minimum Gasteiger partial charge on any atom is -0.380 e. The van der Waals surface area contributed by atoms with Crippen molar-refractivity contribution in [2.45, 2.75) is 24.7 Å². The highest BCUT2D eigenvalue weighted by molar-refractivity contribution is 6.10. The van der Waals surface area contributed by atoms with Gasteiger partial charge in [-0.05, 0) is 42.3 Å². The summed E-state index contributed by atoms with van der Waals surface area (Å²) in [7, 11) is 0. The van der Waals surface area contributed by atoms with Crippen molar-refractivity contribution in [3.8, 4) is 6.07 Å². The molecule has 0 saturated carbocycles. The maximum atomic E-state index is 14.9. The first kappa shape index (κ1) is 25.7. The van der Waals surface area contributed by atoms with Crippen LogP contribution >= 0.6 is 0 Å². The van der Waals surface area contributed by atoms with Gasteiger partial charge in [-0.3, -0.25) is 19.3 Å². The first-order chi connectivity index (χ1) is 18.0. The van der Waals surface area contributed by atoms with Gasteiger partial charge in [-0.2, -0.15) is 18.4 Å². The summed E-state index contributed by atoms with van der Waals surface area (Å²) in [4.78, 5) is 44.2. The van der Waals surface area contributed by atoms with Crippen molar-refractivity contribution in [2.75, 3.05) is 37.7 Å². The van der Waals surface area contributed by atoms with Crippen molar-refractivity contribution in [2.24, 2.45) is 5.92 Å². The van der Waals surface area contributed by atoms with Gasteiger partial charge in [-0.1, -0.05) is 12.1 Å². The number of amides is 3. The van der Waals surface area contributed by atoms with Crippen molar-refractivity contribution in [1.29, 1.82) is 5.26 Å². The normalized spacial score (nSPS) is 22.1. The second kappa shape index (κ2) is 9.40. The number of rotatable bonds is 4. The average Bonchev–Trinajstić information content (AvgIpc) is 3.29. The zero-order valence-electron chi connectivity index (χ0n) is 20.0. The smallest absolute Gasteiger partial charge is 0.380 e. The van der Waals surface area contributed by atoms with E-state index in [0.29, 0.717) is 5.56 Å². The van der Waals surface area contributed by atoms with Gasteiger partial charge in [0.25, 0.3) is 5.91 Å². The van der Waals surface area contributed by atoms with E-state index in [9.17, 15) is 31.9 Å². The summed E-state index contributed by atoms with van der Waals surface area (Å²) in [5, 5.41) is 9.05. The minimum atomic E-state index is -4.53. The third kappa shape index (κ3) is 4.36. The number of carbonyl (C=O) groups is 3. The molecule has 0 N–H and O–H groups in total. The van der Waals surface area contributed by atoms with Crippen LogP contribution in [0.15, 0.2) is 42.5 Å². The summed E-state index contributed by atoms with van der Waals surface area (Å²) in [6.45, 7) is -0.126. The van der Waals surface area contributed by atoms with Crippen LogP contribution in [-0.4, -0.2) is 65.9 Å². The monoisotopic (exact) mass is 530 g/mol. The summed E-state index contributed by atoms with van der Waals surface area (Å²) >= 11 is 0. The molecule has 3 aliphatic heterocycles. The highest BCUT2D eigenvalue weighted by atomic mass is 19.4. The van der Waals surface area contributed by atoms with Crippen molar-refractivity contribution >= 4 is 23.4 Å². The van der Waals surface area contributed by atoms with Crippen LogP contribution in [0.25, 0.3) is 0 Å². The number of halogens is 4. The van der Waals surface area contributed by atoms with E-state index >= 15 is 0 Å². The molecule has 12 heteroatoms. The number of anilines is 1. The van der Waals surface area contributed by atoms with Crippen LogP contribution in [0.4, 0.5) is 23.2 Å². The van der Waals surface area contributed by atoms with Crippen LogP contribution in [0.5, 0.6) is 0 Å². The molecule has 2 aromatic rings. The summed E-state index contributed by atoms with van der Waals surface area (Å²) in [6, 6.07) is 9.64. The molecule has 3 fully saturated rings. The Hall–Kier alpha value is -3.98. The van der Waals surface area contributed by atoms with Crippen LogP contribution in [0.1, 0.15) is 23.1 Å². The number of alkyl halides is 3. The molecule has 0 aliphatic carbocycles. The van der Waals surface area contributed by atoms with Crippen LogP contribution in [0.3, 0.4) is 0 Å². The number of benzene rings is 2. The Bertz CT molecular complexity index is 1340. The van der Waals surface area contributed by atoms with E-state index in [4.69, 9.17) is 10.00 Å². The molecule has 2 aromatic carbocycles. The molecule has 0 aromatic heterocycles. The second-order valence-corrected chi connectivity index (χ2v) is 9.62. The van der Waals surface area contributed by atoms with Gasteiger partial charge in [0.15, 0.2) is 0 Å². The molecule has 8 nitrogen and oxygen atoms in total. The summed E-state index contributed by atoms with van der Waals surface area (Å²) in [6.07, 6.45) is -4.45. The quantitative estimate of drug-likeness (QED) is 0.567. The minimum absolute atomic E-state index is 0.0426. The largest absolute Gasteiger partial charge is 0.416 e. The molecular formula is C26H22F4N4O4. The van der Waals surface area contributed by atoms with Crippen molar-refractivity contribution in [1.82, 2.24) is 9.80 Å². The molecule has 0 radical (unpaired) electrons. The standard InChI is InChI=1S/C26H22F4N4O4/c27-20-9-17(10-31)3-6-21(20)33-12-22(35)34(11-16-1-4-19(5-2-16)26(28,29)30)25(24(33)37)7-8-32(15-25)23(36)18-13-38-14-18/h1-6,9,18H,7-8,11-15H2/t25-/m1/s1. The molecular weight excluding hydrogens is 508 g/mol. The predicted molar refractivity (Wildman–Crippen MR) is 124 cm³/mol. The number of nitriles is 1. The van der Waals surface area contributed by atoms with Crippen LogP contribution in [0.2, 0.25) is 0 Å². The highest BCUT2D eigenvalue weighted by Crippen LogP contribution is 2.38. The molecule has 38 heavy (non-hydrogen) atoms. The molecule has 1 spiro atoms. The lowest BCUT2D eigenvalue weighted by molar-refractivity contribution is -0.154.